The van der Waals surface area contributed by atoms with E-state index in [4.69, 9.17) is 21.1 Å². The first-order chi connectivity index (χ1) is 26.9. The zero-order valence-electron chi connectivity index (χ0n) is 30.0. The average Bonchev–Trinajstić information content (AvgIpc) is 3.22. The van der Waals surface area contributed by atoms with Gasteiger partial charge in [-0.1, -0.05) is 90.8 Å². The molecule has 0 N–H and O–H groups in total. The third-order valence-electron chi connectivity index (χ3n) is 11.3. The molecule has 55 heavy (non-hydrogen) atoms. The summed E-state index contributed by atoms with van der Waals surface area (Å²) >= 11 is 9.10. The largest absolute Gasteiger partial charge is 0.497 e. The molecule has 3 aromatic rings. The lowest BCUT2D eigenvalue weighted by Gasteiger charge is -2.37. The summed E-state index contributed by atoms with van der Waals surface area (Å²) in [6.45, 7) is 0. The number of carbonyl (C=O) groups is 1. The van der Waals surface area contributed by atoms with Crippen molar-refractivity contribution in [3.05, 3.63) is 203 Å². The van der Waals surface area contributed by atoms with E-state index in [1.807, 2.05) is 24.3 Å². The Morgan fingerprint density at radius 1 is 0.745 bits per heavy atom. The van der Waals surface area contributed by atoms with Gasteiger partial charge in [-0.2, -0.15) is 0 Å². The van der Waals surface area contributed by atoms with Gasteiger partial charge in [-0.25, -0.2) is 0 Å². The number of carbonyl (C=O) groups excluding carboxylic acids is 1. The van der Waals surface area contributed by atoms with Crippen LogP contribution in [0.4, 0.5) is 0 Å². The van der Waals surface area contributed by atoms with E-state index in [9.17, 15) is 9.59 Å². The molecule has 2 aromatic carbocycles. The normalized spacial score (nSPS) is 21.4. The van der Waals surface area contributed by atoms with Gasteiger partial charge in [0.15, 0.2) is 5.43 Å². The van der Waals surface area contributed by atoms with Crippen molar-refractivity contribution in [1.29, 1.82) is 0 Å². The standard InChI is InChI=1S/C24H17ClO2S.C24H16O2S/c1-27-17-9-11-19(24(25)26)21(13-17)28-20-12-8-16-6-5-14-3-2-4-15-7-10-18(20)23(16)22(14)15;1-26-16-8-10-17-20(12-16)27-24-18-9-7-14-4-2-3-13-5-6-15(22(18)21(13)14)11-19(24)23(17)25/h2-3,5-13,23H,4H2,1H3;2-3,5-12,22H,4H2,1H3. The molecule has 2 unspecified atom stereocenters. The Morgan fingerprint density at radius 3 is 2.11 bits per heavy atom. The van der Waals surface area contributed by atoms with Crippen molar-refractivity contribution < 1.29 is 14.3 Å². The molecule has 0 radical (unpaired) electrons. The second-order valence-electron chi connectivity index (χ2n) is 14.2. The maximum atomic E-state index is 13.2. The van der Waals surface area contributed by atoms with Gasteiger partial charge in [0.25, 0.3) is 5.24 Å². The molecule has 8 aliphatic carbocycles. The summed E-state index contributed by atoms with van der Waals surface area (Å²) in [5, 5.41) is 0.309. The van der Waals surface area contributed by atoms with Crippen LogP contribution in [0.2, 0.25) is 0 Å². The van der Waals surface area contributed by atoms with Gasteiger partial charge in [0.1, 0.15) is 11.5 Å². The van der Waals surface area contributed by atoms with E-state index in [0.717, 1.165) is 48.9 Å². The molecule has 4 nitrogen and oxygen atoms in total. The van der Waals surface area contributed by atoms with Crippen LogP contribution >= 0.6 is 34.7 Å². The van der Waals surface area contributed by atoms with E-state index >= 15 is 0 Å². The molecule has 1 heterocycles. The summed E-state index contributed by atoms with van der Waals surface area (Å²) in [6, 6.07) is 11.1. The molecule has 0 amide bonds. The number of rotatable bonds is 5. The first kappa shape index (κ1) is 34.1. The fourth-order valence-corrected chi connectivity index (χ4v) is 11.3. The number of fused-ring (bicyclic) bond motifs is 3. The first-order valence-electron chi connectivity index (χ1n) is 18.2. The summed E-state index contributed by atoms with van der Waals surface area (Å²) in [6.07, 6.45) is 35.0. The fraction of sp³-hybridized carbons (Fsp3) is 0.125. The number of benzene rings is 2. The maximum absolute atomic E-state index is 13.2. The number of halogens is 1. The van der Waals surface area contributed by atoms with Crippen LogP contribution in [0.5, 0.6) is 11.5 Å². The average molecular weight is 773 g/mol. The number of hydrogen-bond donors (Lipinski definition) is 0. The Bertz CT molecular complexity index is 2800. The van der Waals surface area contributed by atoms with E-state index in [-0.39, 0.29) is 17.3 Å². The minimum absolute atomic E-state index is 0.111. The van der Waals surface area contributed by atoms with Crippen molar-refractivity contribution in [2.75, 3.05) is 14.2 Å². The van der Waals surface area contributed by atoms with Gasteiger partial charge in [-0.15, -0.1) is 11.3 Å². The fourth-order valence-electron chi connectivity index (χ4n) is 8.74. The Labute approximate surface area is 332 Å². The topological polar surface area (TPSA) is 52.6 Å². The lowest BCUT2D eigenvalue weighted by atomic mass is 9.68. The van der Waals surface area contributed by atoms with E-state index in [2.05, 4.69) is 91.1 Å². The van der Waals surface area contributed by atoms with E-state index in [1.54, 1.807) is 49.5 Å². The van der Waals surface area contributed by atoms with Gasteiger partial charge >= 0.3 is 0 Å². The van der Waals surface area contributed by atoms with Crippen molar-refractivity contribution in [3.8, 4) is 11.5 Å². The van der Waals surface area contributed by atoms with Crippen LogP contribution in [0.1, 0.15) is 33.6 Å². The molecule has 0 saturated carbocycles. The molecule has 11 rings (SSSR count). The molecule has 0 spiro atoms. The molecule has 0 aliphatic heterocycles. The maximum Gasteiger partial charge on any atom is 0.253 e. The van der Waals surface area contributed by atoms with Gasteiger partial charge in [-0.3, -0.25) is 9.59 Å². The highest BCUT2D eigenvalue weighted by Gasteiger charge is 2.37. The highest BCUT2D eigenvalue weighted by Crippen LogP contribution is 2.54. The predicted molar refractivity (Wildman–Crippen MR) is 227 cm³/mol. The Kier molecular flexibility index (Phi) is 8.32. The smallest absolute Gasteiger partial charge is 0.253 e. The molecule has 7 heteroatoms. The van der Waals surface area contributed by atoms with Crippen LogP contribution in [0.3, 0.4) is 0 Å². The number of ether oxygens (including phenoxy) is 2. The molecule has 1 aromatic heterocycles. The zero-order valence-corrected chi connectivity index (χ0v) is 32.4. The molecule has 0 saturated heterocycles. The summed E-state index contributed by atoms with van der Waals surface area (Å²) in [5.41, 5.74) is 14.7. The Balaban J connectivity index is 0.000000135. The molecule has 8 aliphatic rings. The van der Waals surface area contributed by atoms with Crippen LogP contribution in [-0.2, 0) is 0 Å². The summed E-state index contributed by atoms with van der Waals surface area (Å²) < 4.78 is 11.7. The molecule has 2 atom stereocenters. The second kappa shape index (κ2) is 13.4. The predicted octanol–water partition coefficient (Wildman–Crippen LogP) is 11.7. The van der Waals surface area contributed by atoms with Gasteiger partial charge in [0.05, 0.1) is 14.2 Å². The number of thioether (sulfide) groups is 1. The highest BCUT2D eigenvalue weighted by molar-refractivity contribution is 8.03. The van der Waals surface area contributed by atoms with Crippen LogP contribution in [0, 0.1) is 11.8 Å². The summed E-state index contributed by atoms with van der Waals surface area (Å²) in [7, 11) is 3.28. The monoisotopic (exact) mass is 772 g/mol. The molecular weight excluding hydrogens is 740 g/mol. The third kappa shape index (κ3) is 5.57. The van der Waals surface area contributed by atoms with Crippen LogP contribution in [-0.4, -0.2) is 19.5 Å². The lowest BCUT2D eigenvalue weighted by molar-refractivity contribution is 0.107. The molecule has 0 bridgehead atoms. The van der Waals surface area contributed by atoms with E-state index in [1.165, 1.54) is 55.7 Å². The van der Waals surface area contributed by atoms with Crippen LogP contribution < -0.4 is 14.9 Å². The van der Waals surface area contributed by atoms with E-state index in [0.29, 0.717) is 11.3 Å². The van der Waals surface area contributed by atoms with Crippen molar-refractivity contribution >= 4 is 61.7 Å². The van der Waals surface area contributed by atoms with Crippen LogP contribution in [0.25, 0.3) is 21.7 Å². The van der Waals surface area contributed by atoms with Crippen molar-refractivity contribution in [2.24, 2.45) is 11.8 Å². The SMILES string of the molecule is COc1ccc(C(=O)Cl)c(SC2=CC=C3C=CC4=C5C(=CC=C2C35)CC=C4)c1.COc1ccc2c(=O)c3c(sc2c1)C1=CC=C2CC=CC4=C2C1C(=C3)C=C4. The van der Waals surface area contributed by atoms with Gasteiger partial charge in [0, 0.05) is 47.7 Å². The summed E-state index contributed by atoms with van der Waals surface area (Å²) in [5.74, 6) is 2.01. The van der Waals surface area contributed by atoms with Gasteiger partial charge in [0.2, 0.25) is 0 Å². The van der Waals surface area contributed by atoms with Crippen LogP contribution in [0.15, 0.2) is 186 Å². The quantitative estimate of drug-likeness (QED) is 0.242. The number of hydrogen-bond acceptors (Lipinski definition) is 6. The summed E-state index contributed by atoms with van der Waals surface area (Å²) in [4.78, 5) is 28.2. The number of allylic oxidation sites excluding steroid dienone is 24. The zero-order chi connectivity index (χ0) is 37.4. The van der Waals surface area contributed by atoms with E-state index < -0.39 is 5.24 Å². The van der Waals surface area contributed by atoms with Gasteiger partial charge < -0.3 is 9.47 Å². The van der Waals surface area contributed by atoms with Crippen molar-refractivity contribution in [3.63, 3.8) is 0 Å². The first-order valence-corrected chi connectivity index (χ1v) is 20.3. The Morgan fingerprint density at radius 2 is 1.40 bits per heavy atom. The molecule has 268 valence electrons. The molecule has 0 fully saturated rings. The minimum atomic E-state index is -0.458. The Hall–Kier alpha value is -5.40. The lowest BCUT2D eigenvalue weighted by Crippen LogP contribution is -2.24. The van der Waals surface area contributed by atoms with Crippen molar-refractivity contribution in [1.82, 2.24) is 0 Å². The minimum Gasteiger partial charge on any atom is -0.497 e. The van der Waals surface area contributed by atoms with Crippen molar-refractivity contribution in [2.45, 2.75) is 17.7 Å². The van der Waals surface area contributed by atoms with Gasteiger partial charge in [-0.05, 0) is 129 Å². The second-order valence-corrected chi connectivity index (χ2v) is 16.7. The third-order valence-corrected chi connectivity index (χ3v) is 13.9. The molecular formula is C48H33ClO4S2. The highest BCUT2D eigenvalue weighted by atomic mass is 35.5. The number of methoxy groups -OCH3 is 2.